The largest absolute Gasteiger partial charge is 0.497 e. The van der Waals surface area contributed by atoms with Gasteiger partial charge in [-0.15, -0.1) is 0 Å². The summed E-state index contributed by atoms with van der Waals surface area (Å²) < 4.78 is 54.0. The van der Waals surface area contributed by atoms with Gasteiger partial charge in [0.25, 0.3) is 0 Å². The molecule has 3 N–H and O–H groups in total. The number of ether oxygens (including phenoxy) is 3. The van der Waals surface area contributed by atoms with E-state index < -0.39 is 29.7 Å². The first kappa shape index (κ1) is 29.5. The van der Waals surface area contributed by atoms with Crippen LogP contribution < -0.4 is 20.5 Å². The summed E-state index contributed by atoms with van der Waals surface area (Å²) in [6.45, 7) is -0.264. The first-order valence-electron chi connectivity index (χ1n) is 12.3. The minimum absolute atomic E-state index is 0.0654. The van der Waals surface area contributed by atoms with Gasteiger partial charge in [-0.25, -0.2) is 0 Å². The number of carbonyl (C=O) groups is 2. The first-order chi connectivity index (χ1) is 18.6. The molecule has 208 valence electrons. The standard InChI is InChI=1S/C29H31F3N2O5/c1-37-24-13-8-21(9-14-24)28(20-6-4-3-5-7-20,22-10-15-25(38-2)16-11-22)39-26(35)17-12-23(33)18-19-34-27(36)29(30,31)32/h3-11,13-16,23H,12,17-19,33H2,1-2H3,(H,34,36). The van der Waals surface area contributed by atoms with E-state index in [0.717, 1.165) is 0 Å². The summed E-state index contributed by atoms with van der Waals surface area (Å²) in [6, 6.07) is 23.0. The van der Waals surface area contributed by atoms with Gasteiger partial charge in [0, 0.05) is 35.7 Å². The molecule has 0 radical (unpaired) electrons. The lowest BCUT2D eigenvalue weighted by atomic mass is 9.80. The number of esters is 1. The van der Waals surface area contributed by atoms with Crippen LogP contribution in [-0.4, -0.2) is 44.9 Å². The first-order valence-corrected chi connectivity index (χ1v) is 12.3. The van der Waals surface area contributed by atoms with E-state index in [4.69, 9.17) is 19.9 Å². The molecule has 0 aliphatic heterocycles. The highest BCUT2D eigenvalue weighted by Gasteiger charge is 2.41. The second kappa shape index (κ2) is 13.1. The molecule has 0 saturated heterocycles. The highest BCUT2D eigenvalue weighted by molar-refractivity contribution is 5.81. The van der Waals surface area contributed by atoms with Crippen LogP contribution in [0.3, 0.4) is 0 Å². The Morgan fingerprint density at radius 2 is 1.28 bits per heavy atom. The van der Waals surface area contributed by atoms with Gasteiger partial charge >= 0.3 is 18.1 Å². The summed E-state index contributed by atoms with van der Waals surface area (Å²) in [5, 5.41) is 1.78. The van der Waals surface area contributed by atoms with Gasteiger partial charge < -0.3 is 25.3 Å². The average Bonchev–Trinajstić information content (AvgIpc) is 2.95. The van der Waals surface area contributed by atoms with Gasteiger partial charge in [-0.3, -0.25) is 9.59 Å². The maximum Gasteiger partial charge on any atom is 0.471 e. The second-order valence-corrected chi connectivity index (χ2v) is 8.82. The maximum atomic E-state index is 13.3. The van der Waals surface area contributed by atoms with Crippen molar-refractivity contribution in [2.24, 2.45) is 5.73 Å². The molecule has 10 heteroatoms. The van der Waals surface area contributed by atoms with E-state index >= 15 is 0 Å². The number of rotatable bonds is 12. The Morgan fingerprint density at radius 1 is 0.795 bits per heavy atom. The zero-order valence-electron chi connectivity index (χ0n) is 21.7. The third kappa shape index (κ3) is 7.51. The molecule has 3 aromatic carbocycles. The number of carbonyl (C=O) groups excluding carboxylic acids is 2. The molecule has 0 aliphatic carbocycles. The van der Waals surface area contributed by atoms with E-state index in [9.17, 15) is 22.8 Å². The fraction of sp³-hybridized carbons (Fsp3) is 0.310. The Morgan fingerprint density at radius 3 is 1.74 bits per heavy atom. The van der Waals surface area contributed by atoms with Crippen molar-refractivity contribution in [3.8, 4) is 11.5 Å². The molecule has 0 aromatic heterocycles. The normalized spacial score (nSPS) is 12.4. The highest BCUT2D eigenvalue weighted by atomic mass is 19.4. The Bertz CT molecular complexity index is 1170. The van der Waals surface area contributed by atoms with Crippen LogP contribution >= 0.6 is 0 Å². The third-order valence-corrected chi connectivity index (χ3v) is 6.22. The molecule has 39 heavy (non-hydrogen) atoms. The summed E-state index contributed by atoms with van der Waals surface area (Å²) in [6.07, 6.45) is -4.83. The fourth-order valence-corrected chi connectivity index (χ4v) is 4.14. The average molecular weight is 545 g/mol. The van der Waals surface area contributed by atoms with Crippen LogP contribution in [0.2, 0.25) is 0 Å². The molecule has 7 nitrogen and oxygen atoms in total. The minimum atomic E-state index is -4.96. The van der Waals surface area contributed by atoms with Crippen LogP contribution in [0.15, 0.2) is 78.9 Å². The van der Waals surface area contributed by atoms with Gasteiger partial charge in [0.2, 0.25) is 0 Å². The van der Waals surface area contributed by atoms with Crippen molar-refractivity contribution in [2.75, 3.05) is 20.8 Å². The summed E-state index contributed by atoms with van der Waals surface area (Å²) in [7, 11) is 3.11. The molecule has 0 aliphatic rings. The summed E-state index contributed by atoms with van der Waals surface area (Å²) >= 11 is 0. The van der Waals surface area contributed by atoms with Gasteiger partial charge in [0.15, 0.2) is 5.60 Å². The number of nitrogens with two attached hydrogens (primary N) is 1. The number of alkyl halides is 3. The van der Waals surface area contributed by atoms with Crippen molar-refractivity contribution in [1.82, 2.24) is 5.32 Å². The Labute approximate surface area is 225 Å². The fourth-order valence-electron chi connectivity index (χ4n) is 4.14. The van der Waals surface area contributed by atoms with Gasteiger partial charge in [0.1, 0.15) is 11.5 Å². The quantitative estimate of drug-likeness (QED) is 0.253. The van der Waals surface area contributed by atoms with E-state index in [-0.39, 0.29) is 25.8 Å². The molecule has 1 unspecified atom stereocenters. The summed E-state index contributed by atoms with van der Waals surface area (Å²) in [4.78, 5) is 24.3. The smallest absolute Gasteiger partial charge is 0.471 e. The number of methoxy groups -OCH3 is 2. The molecule has 0 bridgehead atoms. The van der Waals surface area contributed by atoms with Crippen molar-refractivity contribution >= 4 is 11.9 Å². The predicted molar refractivity (Wildman–Crippen MR) is 139 cm³/mol. The number of halogens is 3. The van der Waals surface area contributed by atoms with Gasteiger partial charge in [-0.2, -0.15) is 13.2 Å². The van der Waals surface area contributed by atoms with Crippen LogP contribution in [0.25, 0.3) is 0 Å². The van der Waals surface area contributed by atoms with E-state index in [1.54, 1.807) is 43.8 Å². The number of benzene rings is 3. The van der Waals surface area contributed by atoms with Crippen molar-refractivity contribution in [2.45, 2.75) is 37.1 Å². The maximum absolute atomic E-state index is 13.3. The predicted octanol–water partition coefficient (Wildman–Crippen LogP) is 4.72. The Hall–Kier alpha value is -4.05. The van der Waals surface area contributed by atoms with E-state index in [1.165, 1.54) is 0 Å². The molecule has 3 rings (SSSR count). The van der Waals surface area contributed by atoms with E-state index in [2.05, 4.69) is 0 Å². The Balaban J connectivity index is 1.87. The monoisotopic (exact) mass is 544 g/mol. The van der Waals surface area contributed by atoms with Crippen LogP contribution in [0.5, 0.6) is 11.5 Å². The Kier molecular flexibility index (Phi) is 9.95. The molecule has 0 heterocycles. The lowest BCUT2D eigenvalue weighted by molar-refractivity contribution is -0.173. The van der Waals surface area contributed by atoms with Crippen molar-refractivity contribution in [1.29, 1.82) is 0 Å². The second-order valence-electron chi connectivity index (χ2n) is 8.82. The zero-order valence-corrected chi connectivity index (χ0v) is 21.7. The van der Waals surface area contributed by atoms with Crippen LogP contribution in [0.4, 0.5) is 13.2 Å². The topological polar surface area (TPSA) is 99.9 Å². The van der Waals surface area contributed by atoms with Gasteiger partial charge in [-0.1, -0.05) is 54.6 Å². The number of hydrogen-bond donors (Lipinski definition) is 2. The van der Waals surface area contributed by atoms with Gasteiger partial charge in [-0.05, 0) is 37.1 Å². The molecule has 1 amide bonds. The van der Waals surface area contributed by atoms with Crippen molar-refractivity contribution in [3.05, 3.63) is 95.6 Å². The molecular weight excluding hydrogens is 513 g/mol. The number of amides is 1. The van der Waals surface area contributed by atoms with Gasteiger partial charge in [0.05, 0.1) is 14.2 Å². The number of nitrogens with one attached hydrogen (secondary N) is 1. The number of hydrogen-bond acceptors (Lipinski definition) is 6. The van der Waals surface area contributed by atoms with E-state index in [1.807, 2.05) is 54.6 Å². The molecule has 0 fully saturated rings. The van der Waals surface area contributed by atoms with Crippen LogP contribution in [0.1, 0.15) is 36.0 Å². The SMILES string of the molecule is COc1ccc(C(OC(=O)CCC(N)CCNC(=O)C(F)(F)F)(c2ccccc2)c2ccc(OC)cc2)cc1. The lowest BCUT2D eigenvalue weighted by Crippen LogP contribution is -2.39. The lowest BCUT2D eigenvalue weighted by Gasteiger charge is -2.35. The van der Waals surface area contributed by atoms with Crippen LogP contribution in [-0.2, 0) is 19.9 Å². The zero-order chi connectivity index (χ0) is 28.5. The highest BCUT2D eigenvalue weighted by Crippen LogP contribution is 2.42. The third-order valence-electron chi connectivity index (χ3n) is 6.22. The molecule has 3 aromatic rings. The minimum Gasteiger partial charge on any atom is -0.497 e. The van der Waals surface area contributed by atoms with Crippen LogP contribution in [0, 0.1) is 0 Å². The summed E-state index contributed by atoms with van der Waals surface area (Å²) in [5.74, 6) is -1.32. The summed E-state index contributed by atoms with van der Waals surface area (Å²) in [5.41, 5.74) is 6.73. The molecule has 0 saturated carbocycles. The molecular formula is C29H31F3N2O5. The van der Waals surface area contributed by atoms with Crippen molar-refractivity contribution in [3.63, 3.8) is 0 Å². The molecule has 1 atom stereocenters. The van der Waals surface area contributed by atoms with E-state index in [0.29, 0.717) is 28.2 Å². The van der Waals surface area contributed by atoms with Crippen molar-refractivity contribution < 1.29 is 37.0 Å². The molecule has 0 spiro atoms.